The van der Waals surface area contributed by atoms with E-state index in [1.165, 1.54) is 0 Å². The minimum atomic E-state index is -0.745. The summed E-state index contributed by atoms with van der Waals surface area (Å²) in [6, 6.07) is 1.90. The van der Waals surface area contributed by atoms with Gasteiger partial charge in [-0.25, -0.2) is 4.98 Å². The average molecular weight is 282 g/mol. The Hall–Kier alpha value is -1.63. The highest BCUT2D eigenvalue weighted by Gasteiger charge is 2.22. The lowest BCUT2D eigenvalue weighted by atomic mass is 10.1. The number of pyridine rings is 1. The van der Waals surface area contributed by atoms with Crippen molar-refractivity contribution in [3.63, 3.8) is 0 Å². The molecule has 1 aromatic rings. The molecule has 2 rings (SSSR count). The van der Waals surface area contributed by atoms with Gasteiger partial charge in [0.25, 0.3) is 0 Å². The third-order valence-electron chi connectivity index (χ3n) is 3.17. The molecule has 0 aliphatic carbocycles. The Labute approximate surface area is 114 Å². The molecule has 0 spiro atoms. The van der Waals surface area contributed by atoms with Gasteiger partial charge in [0, 0.05) is 41.1 Å². The van der Waals surface area contributed by atoms with E-state index in [9.17, 15) is 4.21 Å². The van der Waals surface area contributed by atoms with E-state index in [0.717, 1.165) is 11.3 Å². The number of nitrogens with zero attached hydrogens (tertiary/aromatic N) is 3. The molecule has 0 radical (unpaired) electrons. The van der Waals surface area contributed by atoms with Crippen molar-refractivity contribution < 1.29 is 9.42 Å². The van der Waals surface area contributed by atoms with Crippen molar-refractivity contribution in [3.8, 4) is 0 Å². The molecule has 7 heteroatoms. The van der Waals surface area contributed by atoms with Crippen LogP contribution in [0, 0.1) is 13.8 Å². The highest BCUT2D eigenvalue weighted by Crippen LogP contribution is 2.23. The highest BCUT2D eigenvalue weighted by molar-refractivity contribution is 7.85. The molecular formula is C12H18N4O2S. The molecule has 3 N–H and O–H groups in total. The van der Waals surface area contributed by atoms with Crippen LogP contribution in [-0.2, 0) is 10.8 Å². The Morgan fingerprint density at radius 3 is 2.68 bits per heavy atom. The third-order valence-corrected chi connectivity index (χ3v) is 4.44. The molecule has 1 saturated heterocycles. The summed E-state index contributed by atoms with van der Waals surface area (Å²) in [7, 11) is -0.745. The van der Waals surface area contributed by atoms with Crippen LogP contribution in [0.3, 0.4) is 0 Å². The number of aromatic nitrogens is 1. The summed E-state index contributed by atoms with van der Waals surface area (Å²) in [5.41, 5.74) is 8.21. The second-order valence-electron chi connectivity index (χ2n) is 4.60. The Bertz CT molecular complexity index is 535. The monoisotopic (exact) mass is 282 g/mol. The number of hydrogen-bond donors (Lipinski definition) is 2. The van der Waals surface area contributed by atoms with Gasteiger partial charge in [-0.1, -0.05) is 5.16 Å². The van der Waals surface area contributed by atoms with E-state index in [4.69, 9.17) is 10.9 Å². The summed E-state index contributed by atoms with van der Waals surface area (Å²) < 4.78 is 11.4. The van der Waals surface area contributed by atoms with Crippen LogP contribution in [0.25, 0.3) is 0 Å². The Morgan fingerprint density at radius 2 is 2.11 bits per heavy atom. The van der Waals surface area contributed by atoms with Crippen molar-refractivity contribution >= 4 is 22.5 Å². The number of amidine groups is 1. The number of nitrogens with two attached hydrogens (primary N) is 1. The van der Waals surface area contributed by atoms with Crippen LogP contribution in [0.15, 0.2) is 11.2 Å². The first-order valence-electron chi connectivity index (χ1n) is 6.09. The van der Waals surface area contributed by atoms with E-state index in [0.29, 0.717) is 36.0 Å². The van der Waals surface area contributed by atoms with Crippen LogP contribution in [0.4, 0.5) is 5.82 Å². The molecule has 0 aromatic carbocycles. The van der Waals surface area contributed by atoms with Crippen LogP contribution in [0.5, 0.6) is 0 Å². The summed E-state index contributed by atoms with van der Waals surface area (Å²) in [4.78, 5) is 6.56. The molecule has 0 amide bonds. The minimum absolute atomic E-state index is 0.0618. The predicted octanol–water partition coefficient (Wildman–Crippen LogP) is 0.362. The van der Waals surface area contributed by atoms with Gasteiger partial charge < -0.3 is 15.8 Å². The van der Waals surface area contributed by atoms with Crippen molar-refractivity contribution in [1.82, 2.24) is 4.98 Å². The summed E-state index contributed by atoms with van der Waals surface area (Å²) in [5, 5.41) is 12.0. The zero-order valence-electron chi connectivity index (χ0n) is 11.1. The molecule has 0 unspecified atom stereocenters. The van der Waals surface area contributed by atoms with E-state index in [1.54, 1.807) is 0 Å². The van der Waals surface area contributed by atoms with E-state index in [2.05, 4.69) is 15.0 Å². The van der Waals surface area contributed by atoms with Crippen molar-refractivity contribution in [1.29, 1.82) is 0 Å². The Morgan fingerprint density at radius 1 is 1.47 bits per heavy atom. The van der Waals surface area contributed by atoms with Crippen LogP contribution in [0.2, 0.25) is 0 Å². The molecule has 1 aromatic heterocycles. The normalized spacial score (nSPS) is 17.8. The van der Waals surface area contributed by atoms with Crippen LogP contribution >= 0.6 is 0 Å². The second-order valence-corrected chi connectivity index (χ2v) is 6.30. The number of hydrogen-bond acceptors (Lipinski definition) is 5. The van der Waals surface area contributed by atoms with Gasteiger partial charge in [0.05, 0.1) is 5.56 Å². The van der Waals surface area contributed by atoms with Crippen LogP contribution in [0.1, 0.15) is 16.8 Å². The fourth-order valence-electron chi connectivity index (χ4n) is 2.26. The fraction of sp³-hybridized carbons (Fsp3) is 0.500. The van der Waals surface area contributed by atoms with Gasteiger partial charge in [0.1, 0.15) is 5.82 Å². The molecule has 19 heavy (non-hydrogen) atoms. The molecular weight excluding hydrogens is 264 g/mol. The first-order chi connectivity index (χ1) is 9.02. The first kappa shape index (κ1) is 13.8. The Kier molecular flexibility index (Phi) is 4.04. The number of anilines is 1. The van der Waals surface area contributed by atoms with Gasteiger partial charge >= 0.3 is 0 Å². The fourth-order valence-corrected chi connectivity index (χ4v) is 3.31. The molecule has 0 bridgehead atoms. The number of rotatable bonds is 2. The maximum Gasteiger partial charge on any atom is 0.174 e. The predicted molar refractivity (Wildman–Crippen MR) is 76.3 cm³/mol. The molecule has 104 valence electrons. The van der Waals surface area contributed by atoms with Gasteiger partial charge in [-0.3, -0.25) is 4.21 Å². The summed E-state index contributed by atoms with van der Waals surface area (Å²) in [5.74, 6) is 2.03. The number of aryl methyl sites for hydroxylation is 2. The summed E-state index contributed by atoms with van der Waals surface area (Å²) in [6.45, 7) is 5.17. The molecule has 1 fully saturated rings. The van der Waals surface area contributed by atoms with Gasteiger partial charge in [0.15, 0.2) is 5.84 Å². The lowest BCUT2D eigenvalue weighted by Gasteiger charge is -2.29. The summed E-state index contributed by atoms with van der Waals surface area (Å²) in [6.07, 6.45) is 0. The average Bonchev–Trinajstić information content (AvgIpc) is 2.38. The molecule has 0 saturated carbocycles. The molecule has 1 aliphatic rings. The summed E-state index contributed by atoms with van der Waals surface area (Å²) >= 11 is 0. The lowest BCUT2D eigenvalue weighted by Crippen LogP contribution is -2.39. The quantitative estimate of drug-likeness (QED) is 0.354. The van der Waals surface area contributed by atoms with E-state index in [-0.39, 0.29) is 5.84 Å². The molecule has 6 nitrogen and oxygen atoms in total. The van der Waals surface area contributed by atoms with Crippen molar-refractivity contribution in [2.45, 2.75) is 13.8 Å². The maximum atomic E-state index is 11.4. The first-order valence-corrected chi connectivity index (χ1v) is 7.57. The molecule has 1 aliphatic heterocycles. The molecule has 2 heterocycles. The van der Waals surface area contributed by atoms with E-state index < -0.39 is 10.8 Å². The topological polar surface area (TPSA) is 91.8 Å². The second kappa shape index (κ2) is 5.56. The van der Waals surface area contributed by atoms with Crippen molar-refractivity contribution in [2.24, 2.45) is 10.9 Å². The van der Waals surface area contributed by atoms with Crippen molar-refractivity contribution in [3.05, 3.63) is 22.9 Å². The standard InChI is InChI=1S/C12H18N4O2S/c1-8-7-9(2)14-12(10(8)11(13)15-17)16-3-5-19(18)6-4-16/h7,17H,3-6H2,1-2H3,(H2,13,15). The van der Waals surface area contributed by atoms with Crippen LogP contribution < -0.4 is 10.6 Å². The third kappa shape index (κ3) is 2.86. The zero-order valence-corrected chi connectivity index (χ0v) is 11.9. The van der Waals surface area contributed by atoms with Crippen LogP contribution in [-0.4, -0.2) is 44.8 Å². The van der Waals surface area contributed by atoms with E-state index >= 15 is 0 Å². The van der Waals surface area contributed by atoms with E-state index in [1.807, 2.05) is 19.9 Å². The van der Waals surface area contributed by atoms with Gasteiger partial charge in [0.2, 0.25) is 0 Å². The number of oxime groups is 1. The SMILES string of the molecule is Cc1cc(C)c(/C(N)=N/O)c(N2CCS(=O)CC2)n1. The molecule has 0 atom stereocenters. The Balaban J connectivity index is 2.46. The van der Waals surface area contributed by atoms with Gasteiger partial charge in [-0.15, -0.1) is 0 Å². The zero-order chi connectivity index (χ0) is 14.0. The highest BCUT2D eigenvalue weighted by atomic mass is 32.2. The van der Waals surface area contributed by atoms with Crippen molar-refractivity contribution in [2.75, 3.05) is 29.5 Å². The maximum absolute atomic E-state index is 11.4. The lowest BCUT2D eigenvalue weighted by molar-refractivity contribution is 0.318. The smallest absolute Gasteiger partial charge is 0.174 e. The largest absolute Gasteiger partial charge is 0.409 e. The minimum Gasteiger partial charge on any atom is -0.409 e. The van der Waals surface area contributed by atoms with Gasteiger partial charge in [-0.05, 0) is 25.5 Å². The van der Waals surface area contributed by atoms with Gasteiger partial charge in [-0.2, -0.15) is 0 Å².